The predicted octanol–water partition coefficient (Wildman–Crippen LogP) is 3.70. The molecule has 1 unspecified atom stereocenters. The zero-order valence-electron chi connectivity index (χ0n) is 9.50. The molecule has 0 aliphatic rings. The highest BCUT2D eigenvalue weighted by Gasteiger charge is 2.17. The van der Waals surface area contributed by atoms with Crippen LogP contribution in [0.25, 0.3) is 0 Å². The molecule has 0 aliphatic carbocycles. The summed E-state index contributed by atoms with van der Waals surface area (Å²) in [6.45, 7) is 6.52. The van der Waals surface area contributed by atoms with Gasteiger partial charge in [0.2, 0.25) is 0 Å². The molecule has 0 amide bonds. The maximum atomic E-state index is 9.97. The van der Waals surface area contributed by atoms with Gasteiger partial charge < -0.3 is 5.11 Å². The Hall–Kier alpha value is -0.410. The number of aliphatic hydroxyl groups is 1. The molecular weight excluding hydrogens is 254 g/mol. The second kappa shape index (κ2) is 5.08. The minimum atomic E-state index is -0.472. The standard InChI is InChI=1S/C12H18BrNO/c1-12(2,3)7-6-10(15)11-9(13)5-4-8-14-11/h4-5,8,10,15H,6-7H2,1-3H3. The van der Waals surface area contributed by atoms with Crippen molar-refractivity contribution in [3.63, 3.8) is 0 Å². The van der Waals surface area contributed by atoms with Crippen LogP contribution in [0.3, 0.4) is 0 Å². The van der Waals surface area contributed by atoms with Crippen LogP contribution in [0, 0.1) is 5.41 Å². The van der Waals surface area contributed by atoms with Gasteiger partial charge in [-0.15, -0.1) is 0 Å². The summed E-state index contributed by atoms with van der Waals surface area (Å²) >= 11 is 3.39. The molecule has 1 heterocycles. The third-order valence-corrected chi connectivity index (χ3v) is 2.94. The van der Waals surface area contributed by atoms with Gasteiger partial charge in [-0.2, -0.15) is 0 Å². The molecule has 1 rings (SSSR count). The number of nitrogens with zero attached hydrogens (tertiary/aromatic N) is 1. The van der Waals surface area contributed by atoms with Crippen LogP contribution in [-0.4, -0.2) is 10.1 Å². The van der Waals surface area contributed by atoms with Gasteiger partial charge in [-0.25, -0.2) is 0 Å². The lowest BCUT2D eigenvalue weighted by molar-refractivity contribution is 0.142. The molecule has 0 bridgehead atoms. The molecule has 0 aliphatic heterocycles. The summed E-state index contributed by atoms with van der Waals surface area (Å²) in [6, 6.07) is 3.76. The van der Waals surface area contributed by atoms with Crippen LogP contribution >= 0.6 is 15.9 Å². The van der Waals surface area contributed by atoms with Crippen molar-refractivity contribution in [2.75, 3.05) is 0 Å². The van der Waals surface area contributed by atoms with E-state index in [0.717, 1.165) is 23.0 Å². The molecule has 0 aromatic carbocycles. The van der Waals surface area contributed by atoms with Crippen molar-refractivity contribution in [2.24, 2.45) is 5.41 Å². The number of hydrogen-bond donors (Lipinski definition) is 1. The predicted molar refractivity (Wildman–Crippen MR) is 65.6 cm³/mol. The Labute approximate surface area is 99.9 Å². The fourth-order valence-electron chi connectivity index (χ4n) is 1.35. The second-order valence-corrected chi connectivity index (χ2v) is 5.84. The van der Waals surface area contributed by atoms with E-state index in [0.29, 0.717) is 0 Å². The molecular formula is C12H18BrNO. The highest BCUT2D eigenvalue weighted by molar-refractivity contribution is 9.10. The summed E-state index contributed by atoms with van der Waals surface area (Å²) in [6.07, 6.45) is 2.97. The van der Waals surface area contributed by atoms with Crippen molar-refractivity contribution >= 4 is 15.9 Å². The van der Waals surface area contributed by atoms with Crippen molar-refractivity contribution in [3.8, 4) is 0 Å². The second-order valence-electron chi connectivity index (χ2n) is 4.99. The Balaban J connectivity index is 2.62. The molecule has 2 nitrogen and oxygen atoms in total. The monoisotopic (exact) mass is 271 g/mol. The van der Waals surface area contributed by atoms with Crippen LogP contribution in [0.2, 0.25) is 0 Å². The van der Waals surface area contributed by atoms with Gasteiger partial charge in [0.05, 0.1) is 11.8 Å². The number of rotatable bonds is 3. The smallest absolute Gasteiger partial charge is 0.0971 e. The first-order valence-corrected chi connectivity index (χ1v) is 5.98. The first-order chi connectivity index (χ1) is 6.90. The van der Waals surface area contributed by atoms with E-state index >= 15 is 0 Å². The van der Waals surface area contributed by atoms with E-state index in [1.807, 2.05) is 12.1 Å². The average Bonchev–Trinajstić information content (AvgIpc) is 2.14. The van der Waals surface area contributed by atoms with Crippen LogP contribution in [0.15, 0.2) is 22.8 Å². The van der Waals surface area contributed by atoms with Gasteiger partial charge in [-0.05, 0) is 46.3 Å². The number of pyridine rings is 1. The van der Waals surface area contributed by atoms with E-state index < -0.39 is 6.10 Å². The van der Waals surface area contributed by atoms with Gasteiger partial charge in [0, 0.05) is 10.7 Å². The minimum absolute atomic E-state index is 0.252. The van der Waals surface area contributed by atoms with E-state index in [1.165, 1.54) is 0 Å². The number of aromatic nitrogens is 1. The van der Waals surface area contributed by atoms with Gasteiger partial charge in [-0.3, -0.25) is 4.98 Å². The van der Waals surface area contributed by atoms with Gasteiger partial charge >= 0.3 is 0 Å². The molecule has 1 aromatic rings. The van der Waals surface area contributed by atoms with Crippen LogP contribution < -0.4 is 0 Å². The fourth-order valence-corrected chi connectivity index (χ4v) is 1.87. The highest BCUT2D eigenvalue weighted by atomic mass is 79.9. The molecule has 84 valence electrons. The molecule has 15 heavy (non-hydrogen) atoms. The van der Waals surface area contributed by atoms with Crippen molar-refractivity contribution < 1.29 is 5.11 Å². The lowest BCUT2D eigenvalue weighted by atomic mass is 9.89. The number of aliphatic hydroxyl groups excluding tert-OH is 1. The van der Waals surface area contributed by atoms with Gasteiger partial charge in [0.15, 0.2) is 0 Å². The molecule has 0 fully saturated rings. The van der Waals surface area contributed by atoms with Crippen LogP contribution in [0.4, 0.5) is 0 Å². The highest BCUT2D eigenvalue weighted by Crippen LogP contribution is 2.29. The Morgan fingerprint density at radius 3 is 2.67 bits per heavy atom. The van der Waals surface area contributed by atoms with Crippen molar-refractivity contribution in [2.45, 2.75) is 39.7 Å². The molecule has 1 aromatic heterocycles. The molecule has 3 heteroatoms. The SMILES string of the molecule is CC(C)(C)CCC(O)c1ncccc1Br. The summed E-state index contributed by atoms with van der Waals surface area (Å²) in [5.74, 6) is 0. The number of hydrogen-bond acceptors (Lipinski definition) is 2. The lowest BCUT2D eigenvalue weighted by Gasteiger charge is -2.20. The Kier molecular flexibility index (Phi) is 4.29. The molecule has 0 saturated carbocycles. The third kappa shape index (κ3) is 4.31. The maximum absolute atomic E-state index is 9.97. The van der Waals surface area contributed by atoms with Gasteiger partial charge in [0.25, 0.3) is 0 Å². The van der Waals surface area contributed by atoms with Gasteiger partial charge in [0.1, 0.15) is 0 Å². The summed E-state index contributed by atoms with van der Waals surface area (Å²) < 4.78 is 0.881. The normalized spacial score (nSPS) is 13.9. The van der Waals surface area contributed by atoms with Crippen molar-refractivity contribution in [1.29, 1.82) is 0 Å². The Morgan fingerprint density at radius 1 is 1.47 bits per heavy atom. The lowest BCUT2D eigenvalue weighted by Crippen LogP contribution is -2.09. The first-order valence-electron chi connectivity index (χ1n) is 5.18. The zero-order chi connectivity index (χ0) is 11.5. The van der Waals surface area contributed by atoms with Crippen molar-refractivity contribution in [3.05, 3.63) is 28.5 Å². The van der Waals surface area contributed by atoms with E-state index in [-0.39, 0.29) is 5.41 Å². The summed E-state index contributed by atoms with van der Waals surface area (Å²) in [5, 5.41) is 9.97. The summed E-state index contributed by atoms with van der Waals surface area (Å²) in [7, 11) is 0. The van der Waals surface area contributed by atoms with Gasteiger partial charge in [-0.1, -0.05) is 20.8 Å². The average molecular weight is 272 g/mol. The van der Waals surface area contributed by atoms with Crippen LogP contribution in [-0.2, 0) is 0 Å². The van der Waals surface area contributed by atoms with Crippen LogP contribution in [0.1, 0.15) is 45.4 Å². The van der Waals surface area contributed by atoms with Crippen molar-refractivity contribution in [1.82, 2.24) is 4.98 Å². The van der Waals surface area contributed by atoms with Crippen LogP contribution in [0.5, 0.6) is 0 Å². The largest absolute Gasteiger partial charge is 0.387 e. The third-order valence-electron chi connectivity index (χ3n) is 2.27. The summed E-state index contributed by atoms with van der Waals surface area (Å²) in [5.41, 5.74) is 0.990. The Morgan fingerprint density at radius 2 is 2.13 bits per heavy atom. The molecule has 0 saturated heterocycles. The number of halogens is 1. The van der Waals surface area contributed by atoms with E-state index in [2.05, 4.69) is 41.7 Å². The Bertz CT molecular complexity index is 320. The molecule has 1 atom stereocenters. The fraction of sp³-hybridized carbons (Fsp3) is 0.583. The first kappa shape index (κ1) is 12.7. The summed E-state index contributed by atoms with van der Waals surface area (Å²) in [4.78, 5) is 4.18. The van der Waals surface area contributed by atoms with E-state index in [9.17, 15) is 5.11 Å². The minimum Gasteiger partial charge on any atom is -0.387 e. The zero-order valence-corrected chi connectivity index (χ0v) is 11.1. The molecule has 1 N–H and O–H groups in total. The molecule has 0 spiro atoms. The van der Waals surface area contributed by atoms with E-state index in [1.54, 1.807) is 6.20 Å². The quantitative estimate of drug-likeness (QED) is 0.910. The molecule has 0 radical (unpaired) electrons. The topological polar surface area (TPSA) is 33.1 Å². The maximum Gasteiger partial charge on any atom is 0.0971 e. The van der Waals surface area contributed by atoms with E-state index in [4.69, 9.17) is 0 Å².